The van der Waals surface area contributed by atoms with Gasteiger partial charge in [-0.25, -0.2) is 4.98 Å². The number of carbonyl (C=O) groups excluding carboxylic acids is 2. The molecule has 6 heteroatoms. The van der Waals surface area contributed by atoms with Crippen molar-refractivity contribution in [1.82, 2.24) is 4.98 Å². The van der Waals surface area contributed by atoms with Gasteiger partial charge in [0.25, 0.3) is 0 Å². The highest BCUT2D eigenvalue weighted by molar-refractivity contribution is 7.16. The van der Waals surface area contributed by atoms with Crippen LogP contribution in [0.4, 0.5) is 5.13 Å². The van der Waals surface area contributed by atoms with E-state index in [-0.39, 0.29) is 18.3 Å². The average molecular weight is 332 g/mol. The number of methoxy groups -OCH3 is 1. The van der Waals surface area contributed by atoms with Crippen molar-refractivity contribution in [3.8, 4) is 11.3 Å². The third-order valence-electron chi connectivity index (χ3n) is 3.28. The first-order valence-corrected chi connectivity index (χ1v) is 8.37. The first-order chi connectivity index (χ1) is 11.1. The maximum atomic E-state index is 11.9. The van der Waals surface area contributed by atoms with Gasteiger partial charge in [-0.3, -0.25) is 9.59 Å². The molecule has 0 aliphatic heterocycles. The van der Waals surface area contributed by atoms with Gasteiger partial charge in [0.2, 0.25) is 5.91 Å². The van der Waals surface area contributed by atoms with Crippen LogP contribution in [-0.2, 0) is 20.7 Å². The zero-order valence-electron chi connectivity index (χ0n) is 13.3. The molecule has 0 saturated heterocycles. The van der Waals surface area contributed by atoms with Crippen LogP contribution in [0.2, 0.25) is 0 Å². The number of hydrogen-bond donors (Lipinski definition) is 1. The van der Waals surface area contributed by atoms with Crippen LogP contribution in [0.3, 0.4) is 0 Å². The van der Waals surface area contributed by atoms with Gasteiger partial charge in [0.05, 0.1) is 19.2 Å². The second-order valence-electron chi connectivity index (χ2n) is 5.06. The lowest BCUT2D eigenvalue weighted by molar-refractivity contribution is -0.139. The second-order valence-corrected chi connectivity index (χ2v) is 6.15. The molecule has 0 atom stereocenters. The van der Waals surface area contributed by atoms with Crippen molar-refractivity contribution < 1.29 is 14.3 Å². The van der Waals surface area contributed by atoms with Crippen LogP contribution in [0.15, 0.2) is 30.3 Å². The lowest BCUT2D eigenvalue weighted by Crippen LogP contribution is -2.10. The van der Waals surface area contributed by atoms with Gasteiger partial charge in [-0.1, -0.05) is 43.7 Å². The maximum Gasteiger partial charge on any atom is 0.310 e. The summed E-state index contributed by atoms with van der Waals surface area (Å²) in [6, 6.07) is 9.60. The quantitative estimate of drug-likeness (QED) is 0.786. The van der Waals surface area contributed by atoms with E-state index >= 15 is 0 Å². The Morgan fingerprint density at radius 3 is 2.65 bits per heavy atom. The van der Waals surface area contributed by atoms with Crippen LogP contribution in [0, 0.1) is 0 Å². The molecule has 0 aliphatic carbocycles. The maximum absolute atomic E-state index is 11.9. The molecule has 0 fully saturated rings. The van der Waals surface area contributed by atoms with Gasteiger partial charge in [0, 0.05) is 16.9 Å². The minimum atomic E-state index is -0.324. The molecule has 2 rings (SSSR count). The molecule has 1 aromatic heterocycles. The molecule has 5 nitrogen and oxygen atoms in total. The first-order valence-electron chi connectivity index (χ1n) is 7.55. The fraction of sp³-hybridized carbons (Fsp3) is 0.353. The van der Waals surface area contributed by atoms with Crippen LogP contribution in [0.5, 0.6) is 0 Å². The number of nitrogens with zero attached hydrogens (tertiary/aromatic N) is 1. The van der Waals surface area contributed by atoms with Gasteiger partial charge in [0.1, 0.15) is 0 Å². The Balaban J connectivity index is 2.24. The summed E-state index contributed by atoms with van der Waals surface area (Å²) < 4.78 is 4.74. The van der Waals surface area contributed by atoms with E-state index in [2.05, 4.69) is 10.3 Å². The number of ether oxygens (including phenoxy) is 1. The Kier molecular flexibility index (Phi) is 6.29. The standard InChI is InChI=1S/C17H20N2O3S/c1-3-4-10-14(20)18-17-19-16(12-8-6-5-7-9-12)13(23-17)11-15(21)22-2/h5-9H,3-4,10-11H2,1-2H3,(H,18,19,20). The third-order valence-corrected chi connectivity index (χ3v) is 4.25. The lowest BCUT2D eigenvalue weighted by Gasteiger charge is -2.01. The molecule has 0 radical (unpaired) electrons. The SMILES string of the molecule is CCCCC(=O)Nc1nc(-c2ccccc2)c(CC(=O)OC)s1. The van der Waals surface area contributed by atoms with Crippen molar-refractivity contribution in [3.05, 3.63) is 35.2 Å². The number of aromatic nitrogens is 1. The summed E-state index contributed by atoms with van der Waals surface area (Å²) in [6.07, 6.45) is 2.43. The minimum absolute atomic E-state index is 0.0511. The number of thiazole rings is 1. The molecule has 0 spiro atoms. The molecule has 1 heterocycles. The van der Waals surface area contributed by atoms with Crippen LogP contribution in [0.1, 0.15) is 31.1 Å². The lowest BCUT2D eigenvalue weighted by atomic mass is 10.1. The van der Waals surface area contributed by atoms with E-state index in [0.717, 1.165) is 23.3 Å². The fourth-order valence-corrected chi connectivity index (χ4v) is 3.05. The van der Waals surface area contributed by atoms with Crippen molar-refractivity contribution >= 4 is 28.3 Å². The smallest absolute Gasteiger partial charge is 0.310 e. The van der Waals surface area contributed by atoms with Gasteiger partial charge in [-0.15, -0.1) is 11.3 Å². The van der Waals surface area contributed by atoms with E-state index in [9.17, 15) is 9.59 Å². The summed E-state index contributed by atoms with van der Waals surface area (Å²) in [4.78, 5) is 28.8. The predicted molar refractivity (Wildman–Crippen MR) is 91.4 cm³/mol. The highest BCUT2D eigenvalue weighted by Crippen LogP contribution is 2.31. The minimum Gasteiger partial charge on any atom is -0.469 e. The van der Waals surface area contributed by atoms with Crippen LogP contribution in [-0.4, -0.2) is 24.0 Å². The molecule has 23 heavy (non-hydrogen) atoms. The molecule has 0 unspecified atom stereocenters. The summed E-state index contributed by atoms with van der Waals surface area (Å²) in [6.45, 7) is 2.04. The Morgan fingerprint density at radius 2 is 2.00 bits per heavy atom. The third kappa shape index (κ3) is 4.89. The number of hydrogen-bond acceptors (Lipinski definition) is 5. The molecule has 1 aromatic carbocycles. The van der Waals surface area contributed by atoms with Crippen molar-refractivity contribution in [3.63, 3.8) is 0 Å². The zero-order valence-corrected chi connectivity index (χ0v) is 14.1. The monoisotopic (exact) mass is 332 g/mol. The van der Waals surface area contributed by atoms with E-state index in [1.807, 2.05) is 37.3 Å². The van der Waals surface area contributed by atoms with Gasteiger partial charge in [-0.2, -0.15) is 0 Å². The predicted octanol–water partition coefficient (Wildman–Crippen LogP) is 3.65. The number of carbonyl (C=O) groups is 2. The second kappa shape index (κ2) is 8.43. The van der Waals surface area contributed by atoms with E-state index in [1.165, 1.54) is 18.4 Å². The Hall–Kier alpha value is -2.21. The normalized spacial score (nSPS) is 10.3. The number of unbranched alkanes of at least 4 members (excludes halogenated alkanes) is 1. The van der Waals surface area contributed by atoms with Gasteiger partial charge in [0.15, 0.2) is 5.13 Å². The van der Waals surface area contributed by atoms with Gasteiger partial charge >= 0.3 is 5.97 Å². The number of amides is 1. The van der Waals surface area contributed by atoms with Crippen molar-refractivity contribution in [2.75, 3.05) is 12.4 Å². The molecular formula is C17H20N2O3S. The molecule has 0 bridgehead atoms. The van der Waals surface area contributed by atoms with Crippen LogP contribution >= 0.6 is 11.3 Å². The molecule has 1 N–H and O–H groups in total. The first kappa shape index (κ1) is 17.1. The topological polar surface area (TPSA) is 68.3 Å². The number of benzene rings is 1. The van der Waals surface area contributed by atoms with E-state index in [1.54, 1.807) is 0 Å². The van der Waals surface area contributed by atoms with Crippen molar-refractivity contribution in [2.45, 2.75) is 32.6 Å². The van der Waals surface area contributed by atoms with E-state index in [0.29, 0.717) is 17.2 Å². The summed E-state index contributed by atoms with van der Waals surface area (Å²) in [5.41, 5.74) is 1.63. The molecule has 1 amide bonds. The molecule has 0 saturated carbocycles. The van der Waals surface area contributed by atoms with E-state index < -0.39 is 0 Å². The average Bonchev–Trinajstić information content (AvgIpc) is 2.95. The number of esters is 1. The Morgan fingerprint density at radius 1 is 1.26 bits per heavy atom. The van der Waals surface area contributed by atoms with E-state index in [4.69, 9.17) is 4.74 Å². The van der Waals surface area contributed by atoms with Crippen LogP contribution in [0.25, 0.3) is 11.3 Å². The number of nitrogens with one attached hydrogen (secondary N) is 1. The van der Waals surface area contributed by atoms with Gasteiger partial charge in [-0.05, 0) is 6.42 Å². The van der Waals surface area contributed by atoms with Gasteiger partial charge < -0.3 is 10.1 Å². The Labute approximate surface area is 139 Å². The summed E-state index contributed by atoms with van der Waals surface area (Å²) in [7, 11) is 1.36. The number of anilines is 1. The molecule has 122 valence electrons. The highest BCUT2D eigenvalue weighted by atomic mass is 32.1. The zero-order chi connectivity index (χ0) is 16.7. The fourth-order valence-electron chi connectivity index (χ4n) is 2.07. The summed E-state index contributed by atoms with van der Waals surface area (Å²) in [5, 5.41) is 3.33. The largest absolute Gasteiger partial charge is 0.469 e. The Bertz CT molecular complexity index is 668. The molecular weight excluding hydrogens is 312 g/mol. The van der Waals surface area contributed by atoms with Crippen molar-refractivity contribution in [1.29, 1.82) is 0 Å². The summed E-state index contributed by atoms with van der Waals surface area (Å²) >= 11 is 1.32. The van der Waals surface area contributed by atoms with Crippen LogP contribution < -0.4 is 5.32 Å². The number of rotatable bonds is 7. The summed E-state index contributed by atoms with van der Waals surface area (Å²) in [5.74, 6) is -0.375. The molecule has 0 aliphatic rings. The highest BCUT2D eigenvalue weighted by Gasteiger charge is 2.17. The molecule has 2 aromatic rings. The van der Waals surface area contributed by atoms with Crippen molar-refractivity contribution in [2.24, 2.45) is 0 Å².